The number of aromatic nitrogens is 2. The van der Waals surface area contributed by atoms with Crippen LogP contribution in [0.2, 0.25) is 10.2 Å². The first kappa shape index (κ1) is 14.4. The Morgan fingerprint density at radius 3 is 2.74 bits per heavy atom. The summed E-state index contributed by atoms with van der Waals surface area (Å²) in [6.45, 7) is 2.29. The number of thioether (sulfide) groups is 1. The standard InChI is InChI=1S/C13H12Cl2N2OS/c1-8-16-13(15)12(7-18)17(8)6-9-3-4-10(19-2)5-11(9)14/h3-5,7H,6H2,1-2H3. The molecule has 1 heterocycles. The minimum atomic E-state index is 0.226. The van der Waals surface area contributed by atoms with E-state index in [1.165, 1.54) is 0 Å². The van der Waals surface area contributed by atoms with Gasteiger partial charge in [0.15, 0.2) is 11.4 Å². The van der Waals surface area contributed by atoms with Crippen molar-refractivity contribution in [2.24, 2.45) is 0 Å². The third-order valence-corrected chi connectivity index (χ3v) is 4.21. The lowest BCUT2D eigenvalue weighted by molar-refractivity contribution is 0.111. The summed E-state index contributed by atoms with van der Waals surface area (Å²) in [7, 11) is 0. The number of carbonyl (C=O) groups is 1. The van der Waals surface area contributed by atoms with E-state index in [0.717, 1.165) is 10.5 Å². The van der Waals surface area contributed by atoms with Crippen LogP contribution in [0.4, 0.5) is 0 Å². The van der Waals surface area contributed by atoms with Gasteiger partial charge in [-0.1, -0.05) is 29.3 Å². The maximum atomic E-state index is 11.1. The van der Waals surface area contributed by atoms with Crippen LogP contribution in [0.25, 0.3) is 0 Å². The van der Waals surface area contributed by atoms with Crippen molar-refractivity contribution < 1.29 is 4.79 Å². The van der Waals surface area contributed by atoms with Crippen LogP contribution in [0.5, 0.6) is 0 Å². The molecule has 0 spiro atoms. The highest BCUT2D eigenvalue weighted by atomic mass is 35.5. The monoisotopic (exact) mass is 314 g/mol. The van der Waals surface area contributed by atoms with Gasteiger partial charge in [-0.05, 0) is 30.9 Å². The van der Waals surface area contributed by atoms with Gasteiger partial charge in [0.05, 0.1) is 6.54 Å². The van der Waals surface area contributed by atoms with Crippen molar-refractivity contribution in [2.45, 2.75) is 18.4 Å². The van der Waals surface area contributed by atoms with E-state index in [2.05, 4.69) is 4.98 Å². The number of aldehydes is 1. The van der Waals surface area contributed by atoms with E-state index in [4.69, 9.17) is 23.2 Å². The number of rotatable bonds is 4. The molecule has 1 aromatic carbocycles. The van der Waals surface area contributed by atoms with E-state index in [0.29, 0.717) is 29.4 Å². The number of aryl methyl sites for hydroxylation is 1. The molecule has 0 N–H and O–H groups in total. The lowest BCUT2D eigenvalue weighted by atomic mass is 10.2. The molecule has 6 heteroatoms. The van der Waals surface area contributed by atoms with Gasteiger partial charge < -0.3 is 4.57 Å². The Balaban J connectivity index is 2.39. The summed E-state index contributed by atoms with van der Waals surface area (Å²) in [4.78, 5) is 16.2. The normalized spacial score (nSPS) is 10.7. The molecule has 2 rings (SSSR count). The van der Waals surface area contributed by atoms with Gasteiger partial charge in [0.25, 0.3) is 0 Å². The van der Waals surface area contributed by atoms with E-state index in [1.807, 2.05) is 31.4 Å². The maximum absolute atomic E-state index is 11.1. The summed E-state index contributed by atoms with van der Waals surface area (Å²) >= 11 is 13.8. The van der Waals surface area contributed by atoms with Crippen molar-refractivity contribution in [3.8, 4) is 0 Å². The number of hydrogen-bond donors (Lipinski definition) is 0. The average molecular weight is 315 g/mol. The zero-order valence-corrected chi connectivity index (χ0v) is 12.8. The van der Waals surface area contributed by atoms with Crippen LogP contribution in [-0.4, -0.2) is 22.1 Å². The zero-order valence-electron chi connectivity index (χ0n) is 10.5. The summed E-state index contributed by atoms with van der Waals surface area (Å²) in [6.07, 6.45) is 2.71. The molecule has 3 nitrogen and oxygen atoms in total. The summed E-state index contributed by atoms with van der Waals surface area (Å²) in [5.41, 5.74) is 1.31. The second-order valence-corrected chi connectivity index (χ2v) is 5.64. The highest BCUT2D eigenvalue weighted by Gasteiger charge is 2.13. The fourth-order valence-corrected chi connectivity index (χ4v) is 2.82. The Labute approximate surface area is 125 Å². The van der Waals surface area contributed by atoms with E-state index < -0.39 is 0 Å². The third kappa shape index (κ3) is 2.96. The lowest BCUT2D eigenvalue weighted by Gasteiger charge is -2.10. The fraction of sp³-hybridized carbons (Fsp3) is 0.231. The van der Waals surface area contributed by atoms with Crippen molar-refractivity contribution >= 4 is 41.2 Å². The van der Waals surface area contributed by atoms with Gasteiger partial charge in [0.1, 0.15) is 11.5 Å². The number of carbonyl (C=O) groups excluding carboxylic acids is 1. The molecule has 0 aliphatic carbocycles. The van der Waals surface area contributed by atoms with Crippen LogP contribution in [0.15, 0.2) is 23.1 Å². The van der Waals surface area contributed by atoms with Gasteiger partial charge in [-0.2, -0.15) is 0 Å². The molecule has 0 saturated heterocycles. The van der Waals surface area contributed by atoms with Gasteiger partial charge in [0, 0.05) is 9.92 Å². The minimum Gasteiger partial charge on any atom is -0.320 e. The number of nitrogens with zero attached hydrogens (tertiary/aromatic N) is 2. The van der Waals surface area contributed by atoms with Crippen LogP contribution < -0.4 is 0 Å². The quantitative estimate of drug-likeness (QED) is 0.630. The van der Waals surface area contributed by atoms with Crippen LogP contribution in [-0.2, 0) is 6.54 Å². The molecular formula is C13H12Cl2N2OS. The van der Waals surface area contributed by atoms with Crippen LogP contribution in [0, 0.1) is 6.92 Å². The van der Waals surface area contributed by atoms with Gasteiger partial charge >= 0.3 is 0 Å². The molecule has 0 radical (unpaired) electrons. The van der Waals surface area contributed by atoms with Crippen molar-refractivity contribution in [2.75, 3.05) is 6.26 Å². The van der Waals surface area contributed by atoms with Gasteiger partial charge in [-0.25, -0.2) is 4.98 Å². The highest BCUT2D eigenvalue weighted by Crippen LogP contribution is 2.25. The zero-order chi connectivity index (χ0) is 14.0. The van der Waals surface area contributed by atoms with E-state index >= 15 is 0 Å². The molecule has 100 valence electrons. The Kier molecular flexibility index (Phi) is 4.55. The Bertz CT molecular complexity index is 625. The third-order valence-electron chi connectivity index (χ3n) is 2.85. The van der Waals surface area contributed by atoms with Crippen LogP contribution in [0.1, 0.15) is 21.9 Å². The van der Waals surface area contributed by atoms with Crippen LogP contribution in [0.3, 0.4) is 0 Å². The Hall–Kier alpha value is -0.970. The molecule has 0 bridgehead atoms. The second kappa shape index (κ2) is 5.99. The molecule has 0 aliphatic rings. The summed E-state index contributed by atoms with van der Waals surface area (Å²) < 4.78 is 1.76. The van der Waals surface area contributed by atoms with Crippen molar-refractivity contribution in [1.82, 2.24) is 9.55 Å². The molecule has 1 aromatic heterocycles. The van der Waals surface area contributed by atoms with E-state index in [-0.39, 0.29) is 5.15 Å². The Morgan fingerprint density at radius 2 is 2.16 bits per heavy atom. The molecule has 0 saturated carbocycles. The maximum Gasteiger partial charge on any atom is 0.169 e. The minimum absolute atomic E-state index is 0.226. The molecule has 19 heavy (non-hydrogen) atoms. The highest BCUT2D eigenvalue weighted by molar-refractivity contribution is 7.98. The summed E-state index contributed by atoms with van der Waals surface area (Å²) in [5.74, 6) is 0.692. The number of hydrogen-bond acceptors (Lipinski definition) is 3. The largest absolute Gasteiger partial charge is 0.320 e. The molecule has 0 fully saturated rings. The number of benzene rings is 1. The van der Waals surface area contributed by atoms with Gasteiger partial charge in [-0.3, -0.25) is 4.79 Å². The first-order chi connectivity index (χ1) is 9.06. The predicted octanol–water partition coefficient (Wildman–Crippen LogP) is 4.08. The molecule has 0 unspecified atom stereocenters. The topological polar surface area (TPSA) is 34.9 Å². The number of imidazole rings is 1. The summed E-state index contributed by atoms with van der Waals surface area (Å²) in [6, 6.07) is 5.87. The van der Waals surface area contributed by atoms with E-state index in [1.54, 1.807) is 16.3 Å². The molecule has 0 aliphatic heterocycles. The van der Waals surface area contributed by atoms with Crippen LogP contribution >= 0.6 is 35.0 Å². The lowest BCUT2D eigenvalue weighted by Crippen LogP contribution is -2.06. The molecular weight excluding hydrogens is 303 g/mol. The van der Waals surface area contributed by atoms with Crippen molar-refractivity contribution in [3.63, 3.8) is 0 Å². The Morgan fingerprint density at radius 1 is 1.42 bits per heavy atom. The first-order valence-corrected chi connectivity index (χ1v) is 7.55. The molecule has 0 amide bonds. The second-order valence-electron chi connectivity index (χ2n) is 4.00. The first-order valence-electron chi connectivity index (χ1n) is 5.57. The fourth-order valence-electron chi connectivity index (χ4n) is 1.81. The van der Waals surface area contributed by atoms with Crippen molar-refractivity contribution in [1.29, 1.82) is 0 Å². The molecule has 2 aromatic rings. The van der Waals surface area contributed by atoms with Gasteiger partial charge in [0.2, 0.25) is 0 Å². The smallest absolute Gasteiger partial charge is 0.169 e. The number of halogens is 2. The average Bonchev–Trinajstić information content (AvgIpc) is 2.66. The summed E-state index contributed by atoms with van der Waals surface area (Å²) in [5, 5.41) is 0.900. The molecule has 0 atom stereocenters. The SMILES string of the molecule is CSc1ccc(Cn2c(C)nc(Cl)c2C=O)c(Cl)c1. The van der Waals surface area contributed by atoms with E-state index in [9.17, 15) is 4.79 Å². The van der Waals surface area contributed by atoms with Crippen molar-refractivity contribution in [3.05, 3.63) is 45.5 Å². The van der Waals surface area contributed by atoms with Gasteiger partial charge in [-0.15, -0.1) is 11.8 Å². The predicted molar refractivity (Wildman–Crippen MR) is 79.7 cm³/mol.